The van der Waals surface area contributed by atoms with Gasteiger partial charge in [0.05, 0.1) is 19.6 Å². The molecule has 0 saturated carbocycles. The molecule has 0 aliphatic carbocycles. The Morgan fingerprint density at radius 3 is 1.28 bits per heavy atom. The second-order valence-electron chi connectivity index (χ2n) is 7.68. The van der Waals surface area contributed by atoms with Crippen molar-refractivity contribution in [2.75, 3.05) is 72.0 Å². The Labute approximate surface area is 172 Å². The molecule has 1 aliphatic rings. The maximum absolute atomic E-state index is 11.2. The van der Waals surface area contributed by atoms with Crippen molar-refractivity contribution in [3.8, 4) is 0 Å². The van der Waals surface area contributed by atoms with E-state index in [0.717, 1.165) is 12.8 Å². The first-order chi connectivity index (χ1) is 13.7. The van der Waals surface area contributed by atoms with Crippen LogP contribution in [0.2, 0.25) is 0 Å². The highest BCUT2D eigenvalue weighted by atomic mass is 16.4. The maximum Gasteiger partial charge on any atom is 0.317 e. The van der Waals surface area contributed by atoms with Crippen LogP contribution in [0.25, 0.3) is 0 Å². The SMILES string of the molecule is CCC[C@@H](C)N1CCN(CC(=O)O)CCN(CC(=O)O)CCN(CC(=O)O)CC1. The highest BCUT2D eigenvalue weighted by Crippen LogP contribution is 2.08. The molecule has 0 unspecified atom stereocenters. The van der Waals surface area contributed by atoms with Gasteiger partial charge in [0.25, 0.3) is 0 Å². The zero-order valence-corrected chi connectivity index (χ0v) is 17.6. The molecule has 1 aliphatic heterocycles. The summed E-state index contributed by atoms with van der Waals surface area (Å²) in [7, 11) is 0. The van der Waals surface area contributed by atoms with Gasteiger partial charge in [-0.25, -0.2) is 0 Å². The summed E-state index contributed by atoms with van der Waals surface area (Å²) in [5.74, 6) is -2.75. The van der Waals surface area contributed by atoms with Crippen LogP contribution in [0, 0.1) is 0 Å². The van der Waals surface area contributed by atoms with Crippen molar-refractivity contribution in [3.05, 3.63) is 0 Å². The van der Waals surface area contributed by atoms with Crippen molar-refractivity contribution >= 4 is 17.9 Å². The summed E-state index contributed by atoms with van der Waals surface area (Å²) in [6.07, 6.45) is 2.06. The van der Waals surface area contributed by atoms with E-state index in [0.29, 0.717) is 58.4 Å². The molecule has 168 valence electrons. The number of carbonyl (C=O) groups is 3. The maximum atomic E-state index is 11.2. The molecule has 1 heterocycles. The van der Waals surface area contributed by atoms with Crippen LogP contribution in [0.4, 0.5) is 0 Å². The van der Waals surface area contributed by atoms with Crippen LogP contribution in [0.3, 0.4) is 0 Å². The van der Waals surface area contributed by atoms with Gasteiger partial charge in [0.2, 0.25) is 0 Å². The highest BCUT2D eigenvalue weighted by molar-refractivity contribution is 5.69. The van der Waals surface area contributed by atoms with E-state index in [9.17, 15) is 24.6 Å². The Kier molecular flexibility index (Phi) is 11.7. The molecule has 10 nitrogen and oxygen atoms in total. The van der Waals surface area contributed by atoms with Gasteiger partial charge in [0, 0.05) is 58.4 Å². The van der Waals surface area contributed by atoms with Crippen LogP contribution < -0.4 is 0 Å². The molecule has 1 saturated heterocycles. The summed E-state index contributed by atoms with van der Waals surface area (Å²) in [6, 6.07) is 0.324. The van der Waals surface area contributed by atoms with Crippen molar-refractivity contribution in [1.29, 1.82) is 0 Å². The summed E-state index contributed by atoms with van der Waals surface area (Å²) >= 11 is 0. The van der Waals surface area contributed by atoms with Gasteiger partial charge in [0.15, 0.2) is 0 Å². The summed E-state index contributed by atoms with van der Waals surface area (Å²) in [4.78, 5) is 41.4. The predicted molar refractivity (Wildman–Crippen MR) is 108 cm³/mol. The summed E-state index contributed by atoms with van der Waals surface area (Å²) in [5, 5.41) is 27.6. The van der Waals surface area contributed by atoms with E-state index < -0.39 is 17.9 Å². The van der Waals surface area contributed by atoms with Crippen LogP contribution in [-0.2, 0) is 14.4 Å². The lowest BCUT2D eigenvalue weighted by Crippen LogP contribution is -2.49. The van der Waals surface area contributed by atoms with Crippen LogP contribution in [0.1, 0.15) is 26.7 Å². The van der Waals surface area contributed by atoms with E-state index >= 15 is 0 Å². The predicted octanol–water partition coefficient (Wildman–Crippen LogP) is -0.350. The molecule has 1 atom stereocenters. The van der Waals surface area contributed by atoms with E-state index in [1.165, 1.54) is 0 Å². The minimum absolute atomic E-state index is 0.0813. The Bertz CT molecular complexity index is 501. The summed E-state index contributed by atoms with van der Waals surface area (Å²) < 4.78 is 0. The van der Waals surface area contributed by atoms with Crippen molar-refractivity contribution in [3.63, 3.8) is 0 Å². The first-order valence-corrected chi connectivity index (χ1v) is 10.3. The second-order valence-corrected chi connectivity index (χ2v) is 7.68. The standard InChI is InChI=1S/C19H36N4O6/c1-3-4-16(2)23-11-9-21(14-18(26)27)7-5-20(13-17(24)25)6-8-22(10-12-23)15-19(28)29/h16H,3-15H2,1-2H3,(H,24,25)(H,26,27)(H,28,29)/t16-/m1/s1. The molecule has 1 fully saturated rings. The molecule has 0 aromatic carbocycles. The van der Waals surface area contributed by atoms with Gasteiger partial charge < -0.3 is 15.3 Å². The van der Waals surface area contributed by atoms with Gasteiger partial charge in [0.1, 0.15) is 0 Å². The molecule has 29 heavy (non-hydrogen) atoms. The Morgan fingerprint density at radius 1 is 0.690 bits per heavy atom. The summed E-state index contributed by atoms with van der Waals surface area (Å²) in [5.41, 5.74) is 0. The molecule has 1 rings (SSSR count). The first kappa shape index (κ1) is 25.3. The second kappa shape index (κ2) is 13.5. The average Bonchev–Trinajstić information content (AvgIpc) is 2.60. The van der Waals surface area contributed by atoms with Crippen molar-refractivity contribution in [1.82, 2.24) is 19.6 Å². The van der Waals surface area contributed by atoms with Gasteiger partial charge in [-0.2, -0.15) is 0 Å². The normalized spacial score (nSPS) is 20.5. The van der Waals surface area contributed by atoms with Gasteiger partial charge in [-0.05, 0) is 13.3 Å². The third-order valence-electron chi connectivity index (χ3n) is 5.28. The first-order valence-electron chi connectivity index (χ1n) is 10.3. The third-order valence-corrected chi connectivity index (χ3v) is 5.28. The van der Waals surface area contributed by atoms with Crippen LogP contribution >= 0.6 is 0 Å². The zero-order chi connectivity index (χ0) is 21.8. The Hall–Kier alpha value is -1.75. The average molecular weight is 417 g/mol. The number of hydrogen-bond acceptors (Lipinski definition) is 7. The number of carboxylic acids is 3. The molecule has 0 aromatic heterocycles. The minimum Gasteiger partial charge on any atom is -0.480 e. The number of hydrogen-bond donors (Lipinski definition) is 3. The molecule has 0 bridgehead atoms. The lowest BCUT2D eigenvalue weighted by atomic mass is 10.1. The van der Waals surface area contributed by atoms with Crippen molar-refractivity contribution < 1.29 is 29.7 Å². The monoisotopic (exact) mass is 416 g/mol. The lowest BCUT2D eigenvalue weighted by Gasteiger charge is -2.35. The molecule has 0 spiro atoms. The lowest BCUT2D eigenvalue weighted by molar-refractivity contribution is -0.140. The number of carboxylic acid groups (broad SMARTS) is 3. The molecule has 0 radical (unpaired) electrons. The smallest absolute Gasteiger partial charge is 0.317 e. The van der Waals surface area contributed by atoms with E-state index in [2.05, 4.69) is 18.7 Å². The fraction of sp³-hybridized carbons (Fsp3) is 0.842. The van der Waals surface area contributed by atoms with Crippen LogP contribution in [-0.4, -0.2) is 131 Å². The van der Waals surface area contributed by atoms with Gasteiger partial charge in [-0.1, -0.05) is 13.3 Å². The van der Waals surface area contributed by atoms with Crippen LogP contribution in [0.5, 0.6) is 0 Å². The fourth-order valence-electron chi connectivity index (χ4n) is 3.64. The third kappa shape index (κ3) is 11.1. The quantitative estimate of drug-likeness (QED) is 0.459. The van der Waals surface area contributed by atoms with Gasteiger partial charge in [-0.3, -0.25) is 34.0 Å². The largest absolute Gasteiger partial charge is 0.480 e. The van der Waals surface area contributed by atoms with Gasteiger partial charge >= 0.3 is 17.9 Å². The highest BCUT2D eigenvalue weighted by Gasteiger charge is 2.21. The molecular formula is C19H36N4O6. The molecular weight excluding hydrogens is 380 g/mol. The Balaban J connectivity index is 2.94. The van der Waals surface area contributed by atoms with Crippen molar-refractivity contribution in [2.45, 2.75) is 32.7 Å². The van der Waals surface area contributed by atoms with E-state index in [1.54, 1.807) is 4.90 Å². The topological polar surface area (TPSA) is 125 Å². The fourth-order valence-corrected chi connectivity index (χ4v) is 3.64. The molecule has 0 amide bonds. The molecule has 3 N–H and O–H groups in total. The van der Waals surface area contributed by atoms with E-state index in [4.69, 9.17) is 5.11 Å². The number of rotatable bonds is 9. The summed E-state index contributed by atoms with van der Waals surface area (Å²) in [6.45, 7) is 8.22. The Morgan fingerprint density at radius 2 is 1.00 bits per heavy atom. The number of nitrogens with zero attached hydrogens (tertiary/aromatic N) is 4. The van der Waals surface area contributed by atoms with Crippen LogP contribution in [0.15, 0.2) is 0 Å². The number of aliphatic carboxylic acids is 3. The molecule has 10 heteroatoms. The van der Waals surface area contributed by atoms with E-state index in [1.807, 2.05) is 9.80 Å². The van der Waals surface area contributed by atoms with Crippen molar-refractivity contribution in [2.24, 2.45) is 0 Å². The van der Waals surface area contributed by atoms with Gasteiger partial charge in [-0.15, -0.1) is 0 Å². The van der Waals surface area contributed by atoms with E-state index in [-0.39, 0.29) is 19.6 Å². The minimum atomic E-state index is -0.953. The zero-order valence-electron chi connectivity index (χ0n) is 17.6. The molecule has 0 aromatic rings.